The van der Waals surface area contributed by atoms with Crippen molar-refractivity contribution in [2.45, 2.75) is 66.1 Å². The van der Waals surface area contributed by atoms with Crippen LogP contribution in [0, 0.1) is 0 Å². The summed E-state index contributed by atoms with van der Waals surface area (Å²) >= 11 is -6.28. The Bertz CT molecular complexity index is 663. The van der Waals surface area contributed by atoms with Gasteiger partial charge in [0.15, 0.2) is 0 Å². The molecule has 0 saturated heterocycles. The summed E-state index contributed by atoms with van der Waals surface area (Å²) < 4.78 is 3.06. The zero-order valence-corrected chi connectivity index (χ0v) is 25.1. The normalized spacial score (nSPS) is 28.6. The van der Waals surface area contributed by atoms with Crippen molar-refractivity contribution in [3.8, 4) is 0 Å². The summed E-state index contributed by atoms with van der Waals surface area (Å²) in [6.07, 6.45) is 19.5. The van der Waals surface area contributed by atoms with Crippen LogP contribution in [0.3, 0.4) is 0 Å². The second-order valence-electron chi connectivity index (χ2n) is 8.56. The Morgan fingerprint density at radius 3 is 1.56 bits per heavy atom. The van der Waals surface area contributed by atoms with Crippen molar-refractivity contribution in [2.75, 3.05) is 0 Å². The van der Waals surface area contributed by atoms with Gasteiger partial charge in [-0.1, -0.05) is 0 Å². The van der Waals surface area contributed by atoms with Crippen LogP contribution in [0.25, 0.3) is 0 Å². The minimum absolute atomic E-state index is 0.389. The van der Waals surface area contributed by atoms with Crippen LogP contribution in [0.1, 0.15) is 51.4 Å². The molecule has 0 aromatic carbocycles. The van der Waals surface area contributed by atoms with Crippen molar-refractivity contribution in [1.82, 2.24) is 0 Å². The summed E-state index contributed by atoms with van der Waals surface area (Å²) in [6.45, 7) is 0. The number of hydrogen-bond donors (Lipinski definition) is 0. The van der Waals surface area contributed by atoms with E-state index in [4.69, 9.17) is 34.1 Å². The van der Waals surface area contributed by atoms with Gasteiger partial charge in [-0.05, 0) is 0 Å². The molecule has 27 heavy (non-hydrogen) atoms. The van der Waals surface area contributed by atoms with E-state index in [1.54, 1.807) is 22.3 Å². The first kappa shape index (κ1) is 22.3. The SMILES string of the molecule is [Cl][Zr]([Cl])([CH2][SiH2][CH2][Zr]([Cl])([Cl])[CH]1C=CC2=C1CCCC2)[CH]1C=CC2=C1CCCC2. The Morgan fingerprint density at radius 2 is 1.11 bits per heavy atom. The topological polar surface area (TPSA) is 0 Å². The van der Waals surface area contributed by atoms with Crippen molar-refractivity contribution >= 4 is 43.6 Å². The second kappa shape index (κ2) is 9.30. The van der Waals surface area contributed by atoms with E-state index in [2.05, 4.69) is 24.3 Å². The third-order valence-corrected chi connectivity index (χ3v) is 50.0. The van der Waals surface area contributed by atoms with Crippen LogP contribution >= 0.6 is 34.1 Å². The van der Waals surface area contributed by atoms with Gasteiger partial charge in [-0.3, -0.25) is 0 Å². The fraction of sp³-hybridized carbons (Fsp3) is 0.600. The van der Waals surface area contributed by atoms with Crippen LogP contribution < -0.4 is 0 Å². The first-order chi connectivity index (χ1) is 12.9. The van der Waals surface area contributed by atoms with Crippen molar-refractivity contribution in [3.63, 3.8) is 0 Å². The monoisotopic (exact) mass is 616 g/mol. The zero-order valence-electron chi connectivity index (χ0n) is 15.8. The number of halogens is 4. The van der Waals surface area contributed by atoms with E-state index in [0.29, 0.717) is 7.25 Å². The Kier molecular flexibility index (Phi) is 7.69. The Hall–Kier alpha value is 2.10. The number of rotatable bonds is 6. The molecule has 0 heterocycles. The molecule has 7 heteroatoms. The maximum atomic E-state index is 7.10. The van der Waals surface area contributed by atoms with E-state index >= 15 is 0 Å². The van der Waals surface area contributed by atoms with Crippen LogP contribution in [0.4, 0.5) is 0 Å². The molecule has 0 saturated carbocycles. The molecule has 0 fully saturated rings. The van der Waals surface area contributed by atoms with E-state index in [9.17, 15) is 0 Å². The summed E-state index contributed by atoms with van der Waals surface area (Å²) in [7, 11) is 28.0. The van der Waals surface area contributed by atoms with Crippen LogP contribution in [0.5, 0.6) is 0 Å². The average Bonchev–Trinajstić information content (AvgIpc) is 3.26. The Labute approximate surface area is 189 Å². The molecular weight excluding hydrogens is 593 g/mol. The van der Waals surface area contributed by atoms with Gasteiger partial charge in [0.1, 0.15) is 0 Å². The molecule has 4 rings (SSSR count). The third-order valence-electron chi connectivity index (χ3n) is 6.77. The maximum absolute atomic E-state index is 7.10. The van der Waals surface area contributed by atoms with Gasteiger partial charge in [-0.25, -0.2) is 0 Å². The van der Waals surface area contributed by atoms with E-state index in [1.807, 2.05) is 0 Å². The standard InChI is InChI=1S/2C9H11.C2H6Si.4ClH.2Zr/c2*1-2-5-9-7-3-6-8(9)4-1;1-3-2;;;;;;/h2*3,6-7H,1-2,4-5H2;1-3H2;4*1H;;/q;;;;;;;2*+2/p-4. The number of allylic oxidation sites excluding steroid dienone is 8. The van der Waals surface area contributed by atoms with Gasteiger partial charge in [0.25, 0.3) is 0 Å². The quantitative estimate of drug-likeness (QED) is 0.262. The van der Waals surface area contributed by atoms with Gasteiger partial charge in [0.2, 0.25) is 0 Å². The van der Waals surface area contributed by atoms with Gasteiger partial charge in [-0.2, -0.15) is 0 Å². The predicted molar refractivity (Wildman–Crippen MR) is 118 cm³/mol. The van der Waals surface area contributed by atoms with E-state index in [0.717, 1.165) is 7.50 Å². The fourth-order valence-electron chi connectivity index (χ4n) is 5.31. The van der Waals surface area contributed by atoms with Crippen molar-refractivity contribution in [3.05, 3.63) is 46.6 Å². The number of hydrogen-bond acceptors (Lipinski definition) is 0. The van der Waals surface area contributed by atoms with Crippen LogP contribution in [0.2, 0.25) is 14.8 Å². The van der Waals surface area contributed by atoms with Gasteiger partial charge in [0.05, 0.1) is 0 Å². The summed E-state index contributed by atoms with van der Waals surface area (Å²) in [4.78, 5) is 0. The molecule has 0 aromatic rings. The molecule has 0 N–H and O–H groups in total. The van der Waals surface area contributed by atoms with Gasteiger partial charge in [-0.15, -0.1) is 0 Å². The fourth-order valence-corrected chi connectivity index (χ4v) is 47.9. The van der Waals surface area contributed by atoms with Crippen molar-refractivity contribution < 1.29 is 35.8 Å². The molecule has 0 amide bonds. The van der Waals surface area contributed by atoms with Crippen molar-refractivity contribution in [2.24, 2.45) is 0 Å². The summed E-state index contributed by atoms with van der Waals surface area (Å²) in [5.41, 5.74) is 6.29. The van der Waals surface area contributed by atoms with E-state index in [-0.39, 0.29) is 9.52 Å². The van der Waals surface area contributed by atoms with Gasteiger partial charge in [0, 0.05) is 0 Å². The second-order valence-corrected chi connectivity index (χ2v) is 46.4. The molecular formula is C20H28Cl4SiZr2. The van der Waals surface area contributed by atoms with E-state index < -0.39 is 35.8 Å². The first-order valence-corrected chi connectivity index (χ1v) is 31.4. The molecule has 0 radical (unpaired) electrons. The Morgan fingerprint density at radius 1 is 0.704 bits per heavy atom. The Balaban J connectivity index is 1.36. The van der Waals surface area contributed by atoms with Crippen LogP contribution in [-0.2, 0) is 35.8 Å². The average molecular weight is 621 g/mol. The van der Waals surface area contributed by atoms with Crippen molar-refractivity contribution in [1.29, 1.82) is 0 Å². The zero-order chi connectivity index (χ0) is 19.1. The summed E-state index contributed by atoms with van der Waals surface area (Å²) in [5.74, 6) is 0. The first-order valence-electron chi connectivity index (χ1n) is 10.4. The third kappa shape index (κ3) is 4.96. The van der Waals surface area contributed by atoms with Crippen LogP contribution in [-0.4, -0.2) is 9.52 Å². The molecule has 4 aliphatic carbocycles. The summed E-state index contributed by atoms with van der Waals surface area (Å²) in [5, 5.41) is 0. The van der Waals surface area contributed by atoms with E-state index in [1.165, 1.54) is 51.4 Å². The predicted octanol–water partition coefficient (Wildman–Crippen LogP) is 8.29. The molecule has 0 bridgehead atoms. The molecule has 0 nitrogen and oxygen atoms in total. The molecule has 0 aliphatic heterocycles. The molecule has 2 unspecified atom stereocenters. The molecule has 4 aliphatic rings. The molecule has 0 spiro atoms. The van der Waals surface area contributed by atoms with Gasteiger partial charge < -0.3 is 0 Å². The molecule has 2 atom stereocenters. The van der Waals surface area contributed by atoms with Crippen LogP contribution in [0.15, 0.2) is 46.6 Å². The summed E-state index contributed by atoms with van der Waals surface area (Å²) in [6, 6.07) is 0. The molecule has 148 valence electrons. The minimum atomic E-state index is -3.14. The van der Waals surface area contributed by atoms with Gasteiger partial charge >= 0.3 is 192 Å². The molecule has 0 aromatic heterocycles.